The minimum atomic E-state index is -0.414. The number of fused-ring (bicyclic) bond motifs is 2. The molecule has 0 bridgehead atoms. The number of nitrogens with zero attached hydrogens (tertiary/aromatic N) is 3. The first-order valence-corrected chi connectivity index (χ1v) is 11.2. The monoisotopic (exact) mass is 442 g/mol. The fourth-order valence-corrected chi connectivity index (χ4v) is 5.39. The van der Waals surface area contributed by atoms with Gasteiger partial charge in [0.05, 0.1) is 18.1 Å². The molecule has 164 valence electrons. The summed E-state index contributed by atoms with van der Waals surface area (Å²) in [6.45, 7) is 3.67. The second kappa shape index (κ2) is 8.66. The number of aromatic nitrogens is 3. The summed E-state index contributed by atoms with van der Waals surface area (Å²) in [5.74, 6) is -0.394. The van der Waals surface area contributed by atoms with Gasteiger partial charge in [-0.25, -0.2) is 14.5 Å². The van der Waals surface area contributed by atoms with E-state index >= 15 is 0 Å². The Bertz CT molecular complexity index is 1160. The highest BCUT2D eigenvalue weighted by Crippen LogP contribution is 2.38. The van der Waals surface area contributed by atoms with E-state index < -0.39 is 5.97 Å². The topological polar surface area (TPSA) is 95.3 Å². The molecule has 9 heteroatoms. The van der Waals surface area contributed by atoms with Gasteiger partial charge in [0.2, 0.25) is 5.88 Å². The Morgan fingerprint density at radius 1 is 1.23 bits per heavy atom. The number of carbonyl (C=O) groups excluding carboxylic acids is 2. The zero-order valence-corrected chi connectivity index (χ0v) is 19.0. The molecule has 0 atom stereocenters. The van der Waals surface area contributed by atoms with E-state index in [2.05, 4.69) is 15.4 Å². The van der Waals surface area contributed by atoms with Gasteiger partial charge < -0.3 is 14.8 Å². The quantitative estimate of drug-likeness (QED) is 0.478. The van der Waals surface area contributed by atoms with E-state index in [0.717, 1.165) is 59.2 Å². The third-order valence-electron chi connectivity index (χ3n) is 5.49. The van der Waals surface area contributed by atoms with Crippen LogP contribution in [-0.4, -0.2) is 40.4 Å². The van der Waals surface area contributed by atoms with Crippen molar-refractivity contribution in [3.8, 4) is 5.88 Å². The fraction of sp³-hybridized carbons (Fsp3) is 0.455. The Morgan fingerprint density at radius 2 is 2.00 bits per heavy atom. The van der Waals surface area contributed by atoms with Crippen molar-refractivity contribution in [2.24, 2.45) is 7.05 Å². The predicted octanol–water partition coefficient (Wildman–Crippen LogP) is 3.72. The number of anilines is 1. The summed E-state index contributed by atoms with van der Waals surface area (Å²) in [5.41, 5.74) is 4.09. The first-order chi connectivity index (χ1) is 14.9. The normalized spacial score (nSPS) is 13.5. The number of amides is 1. The van der Waals surface area contributed by atoms with Crippen LogP contribution in [0.3, 0.4) is 0 Å². The van der Waals surface area contributed by atoms with Crippen molar-refractivity contribution < 1.29 is 19.1 Å². The molecule has 0 unspecified atom stereocenters. The first kappa shape index (κ1) is 21.3. The van der Waals surface area contributed by atoms with Gasteiger partial charge in [0.1, 0.15) is 5.00 Å². The molecule has 4 rings (SSSR count). The van der Waals surface area contributed by atoms with Crippen molar-refractivity contribution in [2.45, 2.75) is 46.0 Å². The highest BCUT2D eigenvalue weighted by molar-refractivity contribution is 7.17. The molecule has 0 aromatic carbocycles. The van der Waals surface area contributed by atoms with E-state index in [1.54, 1.807) is 11.7 Å². The molecule has 1 aliphatic carbocycles. The summed E-state index contributed by atoms with van der Waals surface area (Å²) in [6, 6.07) is 1.96. The number of rotatable bonds is 5. The van der Waals surface area contributed by atoms with Crippen LogP contribution in [0.5, 0.6) is 5.88 Å². The number of methoxy groups -OCH3 is 1. The van der Waals surface area contributed by atoms with Crippen LogP contribution in [-0.2, 0) is 29.4 Å². The minimum absolute atomic E-state index is 0.220. The molecule has 1 N–H and O–H groups in total. The molecule has 3 aromatic rings. The van der Waals surface area contributed by atoms with Crippen LogP contribution < -0.4 is 10.1 Å². The van der Waals surface area contributed by atoms with Crippen LogP contribution in [0, 0.1) is 13.8 Å². The van der Waals surface area contributed by atoms with Gasteiger partial charge >= 0.3 is 5.97 Å². The van der Waals surface area contributed by atoms with E-state index in [-0.39, 0.29) is 12.5 Å². The molecule has 1 aliphatic rings. The Morgan fingerprint density at radius 3 is 2.77 bits per heavy atom. The lowest BCUT2D eigenvalue weighted by atomic mass is 10.1. The largest absolute Gasteiger partial charge is 0.466 e. The maximum absolute atomic E-state index is 12.7. The van der Waals surface area contributed by atoms with Crippen LogP contribution in [0.2, 0.25) is 0 Å². The number of aryl methyl sites for hydroxylation is 4. The Hall–Kier alpha value is -2.94. The zero-order valence-electron chi connectivity index (χ0n) is 18.2. The molecule has 1 amide bonds. The van der Waals surface area contributed by atoms with Crippen molar-refractivity contribution in [2.75, 3.05) is 19.0 Å². The maximum atomic E-state index is 12.7. The van der Waals surface area contributed by atoms with Gasteiger partial charge in [0.15, 0.2) is 12.3 Å². The molecule has 3 aromatic heterocycles. The predicted molar refractivity (Wildman–Crippen MR) is 119 cm³/mol. The average Bonchev–Trinajstić information content (AvgIpc) is 3.12. The Labute approximate surface area is 184 Å². The Balaban J connectivity index is 1.54. The summed E-state index contributed by atoms with van der Waals surface area (Å²) in [7, 11) is 3.16. The van der Waals surface area contributed by atoms with Crippen LogP contribution in [0.25, 0.3) is 11.0 Å². The second-order valence-corrected chi connectivity index (χ2v) is 8.91. The summed E-state index contributed by atoms with van der Waals surface area (Å²) in [5, 5.41) is 8.55. The van der Waals surface area contributed by atoms with Gasteiger partial charge in [-0.3, -0.25) is 4.79 Å². The van der Waals surface area contributed by atoms with Crippen molar-refractivity contribution in [1.29, 1.82) is 0 Å². The molecule has 8 nitrogen and oxygen atoms in total. The van der Waals surface area contributed by atoms with Gasteiger partial charge in [0.25, 0.3) is 5.91 Å². The van der Waals surface area contributed by atoms with Crippen molar-refractivity contribution in [1.82, 2.24) is 14.8 Å². The van der Waals surface area contributed by atoms with E-state index in [1.807, 2.05) is 19.9 Å². The first-order valence-electron chi connectivity index (χ1n) is 10.4. The third-order valence-corrected chi connectivity index (χ3v) is 6.70. The molecule has 31 heavy (non-hydrogen) atoms. The fourth-order valence-electron chi connectivity index (χ4n) is 4.10. The summed E-state index contributed by atoms with van der Waals surface area (Å²) in [4.78, 5) is 30.8. The summed E-state index contributed by atoms with van der Waals surface area (Å²) < 4.78 is 12.4. The third kappa shape index (κ3) is 4.14. The van der Waals surface area contributed by atoms with Gasteiger partial charge in [-0.15, -0.1) is 16.4 Å². The van der Waals surface area contributed by atoms with E-state index in [1.165, 1.54) is 18.4 Å². The van der Waals surface area contributed by atoms with Crippen LogP contribution >= 0.6 is 11.3 Å². The number of ether oxygens (including phenoxy) is 2. The lowest BCUT2D eigenvalue weighted by Crippen LogP contribution is -2.21. The molecule has 0 fully saturated rings. The SMILES string of the molecule is COC(=O)c1c(NC(=O)COc2nn(C)c3nc(C)cc(C)c23)sc2c1CCCCC2. The van der Waals surface area contributed by atoms with Crippen LogP contribution in [0.1, 0.15) is 51.3 Å². The number of nitrogens with one attached hydrogen (secondary N) is 1. The molecule has 0 aliphatic heterocycles. The van der Waals surface area contributed by atoms with Crippen LogP contribution in [0.4, 0.5) is 5.00 Å². The lowest BCUT2D eigenvalue weighted by molar-refractivity contribution is -0.118. The van der Waals surface area contributed by atoms with E-state index in [9.17, 15) is 9.59 Å². The smallest absolute Gasteiger partial charge is 0.341 e. The highest BCUT2D eigenvalue weighted by Gasteiger charge is 2.26. The number of esters is 1. The molecule has 0 saturated carbocycles. The molecular formula is C22H26N4O4S. The number of pyridine rings is 1. The van der Waals surface area contributed by atoms with E-state index in [0.29, 0.717) is 22.1 Å². The number of hydrogen-bond donors (Lipinski definition) is 1. The van der Waals surface area contributed by atoms with Crippen molar-refractivity contribution in [3.63, 3.8) is 0 Å². The van der Waals surface area contributed by atoms with Gasteiger partial charge in [0, 0.05) is 17.6 Å². The number of hydrogen-bond acceptors (Lipinski definition) is 7. The standard InChI is InChI=1S/C22H26N4O4S/c1-12-10-13(2)23-19-17(12)20(25-26(19)3)30-11-16(27)24-21-18(22(28)29-4)14-8-6-5-7-9-15(14)31-21/h10H,5-9,11H2,1-4H3,(H,24,27). The highest BCUT2D eigenvalue weighted by atomic mass is 32.1. The molecule has 0 saturated heterocycles. The van der Waals surface area contributed by atoms with E-state index in [4.69, 9.17) is 9.47 Å². The van der Waals surface area contributed by atoms with Gasteiger partial charge in [-0.1, -0.05) is 6.42 Å². The number of carbonyl (C=O) groups is 2. The summed E-state index contributed by atoms with van der Waals surface area (Å²) in [6.07, 6.45) is 5.01. The number of thiophene rings is 1. The maximum Gasteiger partial charge on any atom is 0.341 e. The minimum Gasteiger partial charge on any atom is -0.466 e. The molecule has 3 heterocycles. The van der Waals surface area contributed by atoms with Gasteiger partial charge in [-0.2, -0.15) is 0 Å². The molecule has 0 radical (unpaired) electrons. The second-order valence-electron chi connectivity index (χ2n) is 7.80. The molecular weight excluding hydrogens is 416 g/mol. The molecule has 0 spiro atoms. The average molecular weight is 443 g/mol. The van der Waals surface area contributed by atoms with Crippen molar-refractivity contribution >= 4 is 39.2 Å². The Kier molecular flexibility index (Phi) is 5.95. The zero-order chi connectivity index (χ0) is 22.1. The van der Waals surface area contributed by atoms with Gasteiger partial charge in [-0.05, 0) is 56.7 Å². The lowest BCUT2D eigenvalue weighted by Gasteiger charge is -2.08. The van der Waals surface area contributed by atoms with Crippen molar-refractivity contribution in [3.05, 3.63) is 33.3 Å². The summed E-state index contributed by atoms with van der Waals surface area (Å²) >= 11 is 1.46. The van der Waals surface area contributed by atoms with Crippen LogP contribution in [0.15, 0.2) is 6.07 Å².